The van der Waals surface area contributed by atoms with Crippen LogP contribution >= 0.6 is 11.6 Å². The lowest BCUT2D eigenvalue weighted by Crippen LogP contribution is -2.36. The van der Waals surface area contributed by atoms with Crippen LogP contribution in [0.2, 0.25) is 5.02 Å². The summed E-state index contributed by atoms with van der Waals surface area (Å²) in [5, 5.41) is 5.91. The van der Waals surface area contributed by atoms with Gasteiger partial charge in [-0.05, 0) is 81.8 Å². The molecule has 2 fully saturated rings. The first-order chi connectivity index (χ1) is 20.4. The summed E-state index contributed by atoms with van der Waals surface area (Å²) in [5.41, 5.74) is 2.57. The fourth-order valence-corrected chi connectivity index (χ4v) is 5.55. The molecule has 2 aliphatic rings. The van der Waals surface area contributed by atoms with E-state index >= 15 is 0 Å². The molecule has 0 spiro atoms. The Morgan fingerprint density at radius 1 is 1.14 bits per heavy atom. The van der Waals surface area contributed by atoms with Gasteiger partial charge < -0.3 is 25.0 Å². The molecule has 3 heterocycles. The van der Waals surface area contributed by atoms with Crippen molar-refractivity contribution in [1.29, 1.82) is 0 Å². The van der Waals surface area contributed by atoms with Crippen LogP contribution in [0.3, 0.4) is 0 Å². The number of amides is 1. The molecule has 2 saturated heterocycles. The Labute approximate surface area is 249 Å². The zero-order valence-corrected chi connectivity index (χ0v) is 24.3. The number of hydrogen-bond donors (Lipinski definition) is 2. The van der Waals surface area contributed by atoms with E-state index in [4.69, 9.17) is 21.1 Å². The molecule has 0 radical (unpaired) electrons. The predicted molar refractivity (Wildman–Crippen MR) is 160 cm³/mol. The number of para-hydroxylation sites is 1. The molecule has 1 unspecified atom stereocenters. The van der Waals surface area contributed by atoms with Crippen molar-refractivity contribution >= 4 is 46.5 Å². The van der Waals surface area contributed by atoms with Gasteiger partial charge in [-0.25, -0.2) is 14.4 Å². The molecule has 2 aliphatic heterocycles. The maximum atomic E-state index is 14.3. The van der Waals surface area contributed by atoms with Gasteiger partial charge >= 0.3 is 5.97 Å². The standard InChI is InChI=1S/C31H35ClFN5O4/c1-2-41-30(40)20-14-16-38(17-15-20)22-10-8-21(9-11-22)35-31-34-19-24(27(36-31)13-12-23-5-4-18-42-23)29(39)37-28-25(32)6-3-7-26(28)33/h3,6-11,19-20,23H,2,4-5,12-18H2,1H3,(H,37,39)(H,34,35,36). The number of nitrogens with zero attached hydrogens (tertiary/aromatic N) is 3. The summed E-state index contributed by atoms with van der Waals surface area (Å²) in [6.07, 6.45) is 6.29. The van der Waals surface area contributed by atoms with Gasteiger partial charge in [-0.15, -0.1) is 0 Å². The summed E-state index contributed by atoms with van der Waals surface area (Å²) in [5.74, 6) is -0.954. The fraction of sp³-hybridized carbons (Fsp3) is 0.419. The maximum absolute atomic E-state index is 14.3. The molecular weight excluding hydrogens is 561 g/mol. The molecule has 1 atom stereocenters. The minimum Gasteiger partial charge on any atom is -0.466 e. The molecule has 42 heavy (non-hydrogen) atoms. The number of carbonyl (C=O) groups excluding carboxylic acids is 2. The number of carbonyl (C=O) groups is 2. The van der Waals surface area contributed by atoms with Crippen molar-refractivity contribution in [3.63, 3.8) is 0 Å². The van der Waals surface area contributed by atoms with Crippen molar-refractivity contribution in [2.45, 2.75) is 51.6 Å². The van der Waals surface area contributed by atoms with Crippen LogP contribution in [0, 0.1) is 11.7 Å². The number of benzene rings is 2. The number of halogens is 2. The van der Waals surface area contributed by atoms with Crippen molar-refractivity contribution in [2.24, 2.45) is 5.92 Å². The molecule has 222 valence electrons. The van der Waals surface area contributed by atoms with Gasteiger partial charge in [0.2, 0.25) is 5.95 Å². The summed E-state index contributed by atoms with van der Waals surface area (Å²) in [6.45, 7) is 4.55. The Balaban J connectivity index is 1.27. The number of aromatic nitrogens is 2. The van der Waals surface area contributed by atoms with Crippen LogP contribution < -0.4 is 15.5 Å². The number of piperidine rings is 1. The van der Waals surface area contributed by atoms with Crippen LogP contribution in [-0.4, -0.2) is 54.3 Å². The second-order valence-electron chi connectivity index (χ2n) is 10.5. The summed E-state index contributed by atoms with van der Waals surface area (Å²) in [7, 11) is 0. The van der Waals surface area contributed by atoms with E-state index in [1.165, 1.54) is 24.4 Å². The molecular formula is C31H35ClFN5O4. The summed E-state index contributed by atoms with van der Waals surface area (Å²) in [6, 6.07) is 12.2. The number of aryl methyl sites for hydroxylation is 1. The number of anilines is 4. The maximum Gasteiger partial charge on any atom is 0.309 e. The number of nitrogens with one attached hydrogen (secondary N) is 2. The quantitative estimate of drug-likeness (QED) is 0.269. The largest absolute Gasteiger partial charge is 0.466 e. The lowest BCUT2D eigenvalue weighted by molar-refractivity contribution is -0.148. The van der Waals surface area contributed by atoms with Crippen molar-refractivity contribution in [1.82, 2.24) is 9.97 Å². The summed E-state index contributed by atoms with van der Waals surface area (Å²) >= 11 is 6.12. The third kappa shape index (κ3) is 7.35. The first-order valence-electron chi connectivity index (χ1n) is 14.4. The Kier molecular flexibility index (Phi) is 9.86. The van der Waals surface area contributed by atoms with E-state index < -0.39 is 11.7 Å². The second kappa shape index (κ2) is 13.9. The highest BCUT2D eigenvalue weighted by atomic mass is 35.5. The zero-order valence-electron chi connectivity index (χ0n) is 23.6. The monoisotopic (exact) mass is 595 g/mol. The van der Waals surface area contributed by atoms with Crippen LogP contribution in [0.15, 0.2) is 48.7 Å². The summed E-state index contributed by atoms with van der Waals surface area (Å²) in [4.78, 5) is 36.5. The van der Waals surface area contributed by atoms with Crippen LogP contribution in [-0.2, 0) is 20.7 Å². The first kappa shape index (κ1) is 29.7. The zero-order chi connectivity index (χ0) is 29.5. The molecule has 0 saturated carbocycles. The smallest absolute Gasteiger partial charge is 0.309 e. The number of rotatable bonds is 10. The van der Waals surface area contributed by atoms with Crippen LogP contribution in [0.5, 0.6) is 0 Å². The molecule has 5 rings (SSSR count). The van der Waals surface area contributed by atoms with E-state index in [9.17, 15) is 14.0 Å². The van der Waals surface area contributed by atoms with Crippen LogP contribution in [0.25, 0.3) is 0 Å². The number of hydrogen-bond acceptors (Lipinski definition) is 8. The molecule has 1 aromatic heterocycles. The topological polar surface area (TPSA) is 106 Å². The van der Waals surface area contributed by atoms with Crippen molar-refractivity contribution < 1.29 is 23.5 Å². The lowest BCUT2D eigenvalue weighted by Gasteiger charge is -2.32. The van der Waals surface area contributed by atoms with E-state index in [0.29, 0.717) is 31.1 Å². The van der Waals surface area contributed by atoms with Crippen molar-refractivity contribution in [3.8, 4) is 0 Å². The van der Waals surface area contributed by atoms with Crippen LogP contribution in [0.4, 0.5) is 27.4 Å². The summed E-state index contributed by atoms with van der Waals surface area (Å²) < 4.78 is 25.3. The predicted octanol–water partition coefficient (Wildman–Crippen LogP) is 6.16. The molecule has 0 aliphatic carbocycles. The Hall–Kier alpha value is -3.76. The van der Waals surface area contributed by atoms with Gasteiger partial charge in [0.05, 0.1) is 40.6 Å². The van der Waals surface area contributed by atoms with Gasteiger partial charge in [0.15, 0.2) is 0 Å². The van der Waals surface area contributed by atoms with E-state index in [1.54, 1.807) is 0 Å². The van der Waals surface area contributed by atoms with Crippen molar-refractivity contribution in [3.05, 3.63) is 70.8 Å². The molecule has 2 N–H and O–H groups in total. The number of esters is 1. The SMILES string of the molecule is CCOC(=O)C1CCN(c2ccc(Nc3ncc(C(=O)Nc4c(F)cccc4Cl)c(CCC4CCCO4)n3)cc2)CC1. The first-order valence-corrected chi connectivity index (χ1v) is 14.8. The molecule has 0 bridgehead atoms. The molecule has 3 aromatic rings. The second-order valence-corrected chi connectivity index (χ2v) is 10.9. The van der Waals surface area contributed by atoms with Crippen molar-refractivity contribution in [2.75, 3.05) is 41.8 Å². The minimum absolute atomic E-state index is 0.0394. The van der Waals surface area contributed by atoms with Gasteiger partial charge in [-0.3, -0.25) is 9.59 Å². The third-order valence-electron chi connectivity index (χ3n) is 7.64. The fourth-order valence-electron chi connectivity index (χ4n) is 5.34. The number of ether oxygens (including phenoxy) is 2. The van der Waals surface area contributed by atoms with Gasteiger partial charge in [0.25, 0.3) is 5.91 Å². The highest BCUT2D eigenvalue weighted by Crippen LogP contribution is 2.28. The highest BCUT2D eigenvalue weighted by Gasteiger charge is 2.26. The average Bonchev–Trinajstić information content (AvgIpc) is 3.53. The molecule has 9 nitrogen and oxygen atoms in total. The lowest BCUT2D eigenvalue weighted by atomic mass is 9.96. The molecule has 11 heteroatoms. The Morgan fingerprint density at radius 2 is 1.93 bits per heavy atom. The van der Waals surface area contributed by atoms with Gasteiger partial charge in [-0.2, -0.15) is 0 Å². The Bertz CT molecular complexity index is 1370. The van der Waals surface area contributed by atoms with Gasteiger partial charge in [-0.1, -0.05) is 17.7 Å². The van der Waals surface area contributed by atoms with E-state index in [-0.39, 0.29) is 34.3 Å². The Morgan fingerprint density at radius 3 is 2.62 bits per heavy atom. The molecule has 1 amide bonds. The van der Waals surface area contributed by atoms with E-state index in [0.717, 1.165) is 56.8 Å². The van der Waals surface area contributed by atoms with Gasteiger partial charge in [0, 0.05) is 37.3 Å². The van der Waals surface area contributed by atoms with Gasteiger partial charge in [0.1, 0.15) is 5.82 Å². The normalized spacial score (nSPS) is 17.2. The average molecular weight is 596 g/mol. The molecule has 2 aromatic carbocycles. The van der Waals surface area contributed by atoms with E-state index in [2.05, 4.69) is 25.5 Å². The highest BCUT2D eigenvalue weighted by molar-refractivity contribution is 6.34. The minimum atomic E-state index is -0.622. The third-order valence-corrected chi connectivity index (χ3v) is 7.96. The van der Waals surface area contributed by atoms with E-state index in [1.807, 2.05) is 31.2 Å². The van der Waals surface area contributed by atoms with Crippen LogP contribution in [0.1, 0.15) is 55.1 Å².